The molecule has 0 fully saturated rings. The number of rotatable bonds is 4. The molecule has 1 aromatic carbocycles. The summed E-state index contributed by atoms with van der Waals surface area (Å²) in [5, 5.41) is 10.4. The summed E-state index contributed by atoms with van der Waals surface area (Å²) in [7, 11) is 1.60. The molecule has 19 heavy (non-hydrogen) atoms. The van der Waals surface area contributed by atoms with Crippen LogP contribution in [0.15, 0.2) is 35.4 Å². The molecule has 0 aliphatic heterocycles. The molecule has 1 heterocycles. The summed E-state index contributed by atoms with van der Waals surface area (Å²) in [6.07, 6.45) is 1.54. The van der Waals surface area contributed by atoms with Crippen molar-refractivity contribution < 1.29 is 9.53 Å². The molecule has 2 N–H and O–H groups in total. The number of methoxy groups -OCH3 is 1. The SMILES string of the molecule is COc1cccc(C=NNC(=O)c2cc(C)[nH]n2)c1. The number of ether oxygens (including phenoxy) is 1. The van der Waals surface area contributed by atoms with Crippen molar-refractivity contribution in [2.45, 2.75) is 6.92 Å². The van der Waals surface area contributed by atoms with Gasteiger partial charge in [-0.2, -0.15) is 10.2 Å². The van der Waals surface area contributed by atoms with E-state index in [0.29, 0.717) is 5.69 Å². The number of amides is 1. The first-order valence-electron chi connectivity index (χ1n) is 5.68. The maximum atomic E-state index is 11.6. The van der Waals surface area contributed by atoms with Gasteiger partial charge in [0.05, 0.1) is 13.3 Å². The number of aromatic nitrogens is 2. The first kappa shape index (κ1) is 12.8. The lowest BCUT2D eigenvalue weighted by atomic mass is 10.2. The average molecular weight is 258 g/mol. The maximum Gasteiger partial charge on any atom is 0.291 e. The van der Waals surface area contributed by atoms with E-state index >= 15 is 0 Å². The molecule has 98 valence electrons. The van der Waals surface area contributed by atoms with Crippen LogP contribution in [-0.4, -0.2) is 29.4 Å². The Bertz CT molecular complexity index is 604. The summed E-state index contributed by atoms with van der Waals surface area (Å²) >= 11 is 0. The van der Waals surface area contributed by atoms with Crippen LogP contribution >= 0.6 is 0 Å². The Morgan fingerprint density at radius 2 is 2.32 bits per heavy atom. The molecule has 0 aliphatic rings. The highest BCUT2D eigenvalue weighted by atomic mass is 16.5. The molecule has 2 rings (SSSR count). The normalized spacial score (nSPS) is 10.6. The van der Waals surface area contributed by atoms with E-state index in [4.69, 9.17) is 4.74 Å². The van der Waals surface area contributed by atoms with Crippen molar-refractivity contribution in [1.82, 2.24) is 15.6 Å². The molecule has 1 aromatic heterocycles. The van der Waals surface area contributed by atoms with Gasteiger partial charge in [-0.1, -0.05) is 12.1 Å². The number of H-pyrrole nitrogens is 1. The fraction of sp³-hybridized carbons (Fsp3) is 0.154. The summed E-state index contributed by atoms with van der Waals surface area (Å²) in [5.41, 5.74) is 4.36. The summed E-state index contributed by atoms with van der Waals surface area (Å²) in [6.45, 7) is 1.82. The highest BCUT2D eigenvalue weighted by Crippen LogP contribution is 2.10. The Hall–Kier alpha value is -2.63. The van der Waals surface area contributed by atoms with Crippen LogP contribution in [0.3, 0.4) is 0 Å². The van der Waals surface area contributed by atoms with Crippen LogP contribution in [-0.2, 0) is 0 Å². The van der Waals surface area contributed by atoms with Gasteiger partial charge < -0.3 is 4.74 Å². The highest BCUT2D eigenvalue weighted by molar-refractivity contribution is 5.93. The number of hydrogen-bond acceptors (Lipinski definition) is 4. The second-order valence-corrected chi connectivity index (χ2v) is 3.91. The minimum absolute atomic E-state index is 0.306. The van der Waals surface area contributed by atoms with Crippen molar-refractivity contribution in [2.24, 2.45) is 5.10 Å². The van der Waals surface area contributed by atoms with Gasteiger partial charge in [-0.15, -0.1) is 0 Å². The predicted molar refractivity (Wildman–Crippen MR) is 71.4 cm³/mol. The molecule has 6 heteroatoms. The van der Waals surface area contributed by atoms with E-state index in [0.717, 1.165) is 17.0 Å². The molecule has 0 aliphatic carbocycles. The molecule has 0 bridgehead atoms. The number of nitrogens with zero attached hydrogens (tertiary/aromatic N) is 2. The van der Waals surface area contributed by atoms with Crippen LogP contribution in [0.1, 0.15) is 21.7 Å². The van der Waals surface area contributed by atoms with Gasteiger partial charge in [0, 0.05) is 5.69 Å². The zero-order valence-corrected chi connectivity index (χ0v) is 10.7. The molecule has 0 saturated heterocycles. The number of carbonyl (C=O) groups excluding carboxylic acids is 1. The minimum atomic E-state index is -0.358. The van der Waals surface area contributed by atoms with Crippen LogP contribution in [0.4, 0.5) is 0 Å². The minimum Gasteiger partial charge on any atom is -0.497 e. The Morgan fingerprint density at radius 1 is 1.47 bits per heavy atom. The number of carbonyl (C=O) groups is 1. The second-order valence-electron chi connectivity index (χ2n) is 3.91. The molecule has 1 amide bonds. The molecule has 0 saturated carbocycles. The molecular formula is C13H14N4O2. The van der Waals surface area contributed by atoms with E-state index in [1.54, 1.807) is 19.4 Å². The van der Waals surface area contributed by atoms with Crippen molar-refractivity contribution in [3.05, 3.63) is 47.3 Å². The van der Waals surface area contributed by atoms with Gasteiger partial charge in [-0.25, -0.2) is 5.43 Å². The fourth-order valence-electron chi connectivity index (χ4n) is 1.48. The third-order valence-corrected chi connectivity index (χ3v) is 2.41. The lowest BCUT2D eigenvalue weighted by molar-refractivity contribution is 0.0950. The van der Waals surface area contributed by atoms with E-state index < -0.39 is 0 Å². The van der Waals surface area contributed by atoms with Crippen molar-refractivity contribution >= 4 is 12.1 Å². The van der Waals surface area contributed by atoms with Gasteiger partial charge in [0.25, 0.3) is 5.91 Å². The number of hydrazone groups is 1. The first-order chi connectivity index (χ1) is 9.19. The molecule has 0 atom stereocenters. The average Bonchev–Trinajstić information content (AvgIpc) is 2.86. The largest absolute Gasteiger partial charge is 0.497 e. The monoisotopic (exact) mass is 258 g/mol. The van der Waals surface area contributed by atoms with Crippen LogP contribution < -0.4 is 10.2 Å². The highest BCUT2D eigenvalue weighted by Gasteiger charge is 2.07. The van der Waals surface area contributed by atoms with Crippen LogP contribution in [0.2, 0.25) is 0 Å². The Balaban J connectivity index is 1.97. The number of aromatic amines is 1. The quantitative estimate of drug-likeness (QED) is 0.644. The number of aryl methyl sites for hydroxylation is 1. The first-order valence-corrected chi connectivity index (χ1v) is 5.68. The number of nitrogens with one attached hydrogen (secondary N) is 2. The Labute approximate surface area is 110 Å². The van der Waals surface area contributed by atoms with Gasteiger partial charge in [-0.05, 0) is 30.7 Å². The summed E-state index contributed by atoms with van der Waals surface area (Å²) in [4.78, 5) is 11.6. The van der Waals surface area contributed by atoms with Gasteiger partial charge in [0.2, 0.25) is 0 Å². The van der Waals surface area contributed by atoms with Crippen LogP contribution in [0, 0.1) is 6.92 Å². The smallest absolute Gasteiger partial charge is 0.291 e. The van der Waals surface area contributed by atoms with Gasteiger partial charge in [0.15, 0.2) is 5.69 Å². The predicted octanol–water partition coefficient (Wildman–Crippen LogP) is 1.49. The lowest BCUT2D eigenvalue weighted by Gasteiger charge is -1.99. The molecular weight excluding hydrogens is 244 g/mol. The lowest BCUT2D eigenvalue weighted by Crippen LogP contribution is -2.18. The molecule has 0 radical (unpaired) electrons. The zero-order valence-electron chi connectivity index (χ0n) is 10.7. The van der Waals surface area contributed by atoms with E-state index in [1.807, 2.05) is 31.2 Å². The van der Waals surface area contributed by atoms with E-state index in [9.17, 15) is 4.79 Å². The van der Waals surface area contributed by atoms with Gasteiger partial charge in [0.1, 0.15) is 5.75 Å². The number of benzene rings is 1. The van der Waals surface area contributed by atoms with Gasteiger partial charge >= 0.3 is 0 Å². The van der Waals surface area contributed by atoms with Crippen LogP contribution in [0.25, 0.3) is 0 Å². The van der Waals surface area contributed by atoms with E-state index in [2.05, 4.69) is 20.7 Å². The molecule has 6 nitrogen and oxygen atoms in total. The maximum absolute atomic E-state index is 11.6. The van der Waals surface area contributed by atoms with E-state index in [-0.39, 0.29) is 5.91 Å². The van der Waals surface area contributed by atoms with Crippen molar-refractivity contribution in [3.63, 3.8) is 0 Å². The topological polar surface area (TPSA) is 79.4 Å². The third-order valence-electron chi connectivity index (χ3n) is 2.41. The van der Waals surface area contributed by atoms with Crippen molar-refractivity contribution in [2.75, 3.05) is 7.11 Å². The third kappa shape index (κ3) is 3.41. The Morgan fingerprint density at radius 3 is 3.00 bits per heavy atom. The number of hydrogen-bond donors (Lipinski definition) is 2. The molecule has 2 aromatic rings. The standard InChI is InChI=1S/C13H14N4O2/c1-9-6-12(16-15-9)13(18)17-14-8-10-4-3-5-11(7-10)19-2/h3-8H,1-2H3,(H,15,16)(H,17,18). The second kappa shape index (κ2) is 5.81. The van der Waals surface area contributed by atoms with Crippen molar-refractivity contribution in [1.29, 1.82) is 0 Å². The van der Waals surface area contributed by atoms with E-state index in [1.165, 1.54) is 0 Å². The Kier molecular flexibility index (Phi) is 3.92. The summed E-state index contributed by atoms with van der Waals surface area (Å²) in [5.74, 6) is 0.377. The zero-order chi connectivity index (χ0) is 13.7. The molecule has 0 spiro atoms. The molecule has 0 unspecified atom stereocenters. The van der Waals surface area contributed by atoms with Crippen molar-refractivity contribution in [3.8, 4) is 5.75 Å². The summed E-state index contributed by atoms with van der Waals surface area (Å²) < 4.78 is 5.09. The fourth-order valence-corrected chi connectivity index (χ4v) is 1.48. The van der Waals surface area contributed by atoms with Crippen LogP contribution in [0.5, 0.6) is 5.75 Å². The summed E-state index contributed by atoms with van der Waals surface area (Å²) in [6, 6.07) is 9.00. The van der Waals surface area contributed by atoms with Gasteiger partial charge in [-0.3, -0.25) is 9.89 Å².